The van der Waals surface area contributed by atoms with E-state index in [0.717, 1.165) is 115 Å². The van der Waals surface area contributed by atoms with Gasteiger partial charge in [0.15, 0.2) is 17.5 Å². The van der Waals surface area contributed by atoms with Crippen LogP contribution in [-0.4, -0.2) is 28.7 Å². The summed E-state index contributed by atoms with van der Waals surface area (Å²) in [5.41, 5.74) is 17.1. The van der Waals surface area contributed by atoms with Gasteiger partial charge in [0.1, 0.15) is 33.5 Å². The van der Waals surface area contributed by atoms with Gasteiger partial charge in [0.2, 0.25) is 5.69 Å². The monoisotopic (exact) mass is 1490 g/mol. The number of fused-ring (bicyclic) bond motifs is 21. The van der Waals surface area contributed by atoms with Crippen molar-refractivity contribution in [1.82, 2.24) is 28.7 Å². The lowest BCUT2D eigenvalue weighted by Crippen LogP contribution is -2.12. The van der Waals surface area contributed by atoms with Gasteiger partial charge in [0.25, 0.3) is 0 Å². The molecule has 0 aliphatic heterocycles. The first-order chi connectivity index (χ1) is 61.6. The van der Waals surface area contributed by atoms with E-state index in [1.807, 2.05) is 121 Å². The van der Waals surface area contributed by atoms with Gasteiger partial charge < -0.3 is 27.0 Å². The summed E-state index contributed by atoms with van der Waals surface area (Å²) in [5, 5.41) is 9.55. The summed E-state index contributed by atoms with van der Waals surface area (Å²) < 4.78 is 122. The second-order valence-electron chi connectivity index (χ2n) is 29.2. The molecule has 0 fully saturated rings. The molecule has 0 aliphatic rings. The lowest BCUT2D eigenvalue weighted by atomic mass is 10.0. The third kappa shape index (κ3) is 9.92. The first kappa shape index (κ1) is 55.4. The summed E-state index contributed by atoms with van der Waals surface area (Å²) in [5.74, 6) is -1.31. The predicted molar refractivity (Wildman–Crippen MR) is 474 cm³/mol. The quantitative estimate of drug-likeness (QED) is 0.120. The average Bonchev–Trinajstić information content (AvgIpc) is 1.53. The van der Waals surface area contributed by atoms with Gasteiger partial charge >= 0.3 is 0 Å². The molecule has 10 nitrogen and oxygen atoms in total. The fraction of sp³-hybridized carbons (Fsp3) is 0. The van der Waals surface area contributed by atoms with Gasteiger partial charge in [-0.25, -0.2) is 19.8 Å². The molecule has 0 amide bonds. The van der Waals surface area contributed by atoms with Crippen LogP contribution in [0.4, 0.5) is 5.69 Å². The zero-order chi connectivity index (χ0) is 84.9. The highest BCUT2D eigenvalue weighted by molar-refractivity contribution is 6.29. The second-order valence-corrected chi connectivity index (χ2v) is 29.2. The number of benzene rings is 17. The number of hydrogen-bond acceptors (Lipinski definition) is 6. The van der Waals surface area contributed by atoms with E-state index in [4.69, 9.17) is 35.8 Å². The van der Waals surface area contributed by atoms with Crippen molar-refractivity contribution in [2.45, 2.75) is 0 Å². The van der Waals surface area contributed by atoms with E-state index in [2.05, 4.69) is 196 Å². The summed E-state index contributed by atoms with van der Waals surface area (Å²) in [7, 11) is 0. The molecule has 10 heteroatoms. The Labute approximate surface area is 677 Å². The molecule has 17 aromatic carbocycles. The van der Waals surface area contributed by atoms with E-state index < -0.39 is 83.2 Å². The summed E-state index contributed by atoms with van der Waals surface area (Å²) in [4.78, 5) is 20.4. The van der Waals surface area contributed by atoms with E-state index in [0.29, 0.717) is 89.0 Å². The van der Waals surface area contributed by atoms with E-state index in [9.17, 15) is 17.5 Å². The molecular weight excluding hydrogens is 1420 g/mol. The number of hydrogen-bond donors (Lipinski definition) is 0. The van der Waals surface area contributed by atoms with Crippen LogP contribution in [0.2, 0.25) is 0 Å². The van der Waals surface area contributed by atoms with E-state index >= 15 is 0 Å². The first-order valence-corrected chi connectivity index (χ1v) is 38.2. The van der Waals surface area contributed by atoms with E-state index in [1.54, 1.807) is 6.07 Å². The van der Waals surface area contributed by atoms with Crippen LogP contribution in [0.25, 0.3) is 243 Å². The molecule has 0 aliphatic carbocycles. The molecule has 0 saturated heterocycles. The Morgan fingerprint density at radius 3 is 0.966 bits per heavy atom. The Balaban J connectivity index is 0.950. The summed E-state index contributed by atoms with van der Waals surface area (Å²) in [6.45, 7) is 10.3. The van der Waals surface area contributed by atoms with Gasteiger partial charge in [-0.2, -0.15) is 0 Å². The zero-order valence-corrected chi connectivity index (χ0v) is 61.3. The maximum atomic E-state index is 10.3. The van der Waals surface area contributed by atoms with Gasteiger partial charge in [-0.3, -0.25) is 0 Å². The maximum Gasteiger partial charge on any atom is 0.213 e. The molecule has 7 aromatic heterocycles. The van der Waals surface area contributed by atoms with Crippen molar-refractivity contribution in [2.75, 3.05) is 0 Å². The minimum atomic E-state index is -0.715. The molecule has 0 N–H and O–H groups in total. The van der Waals surface area contributed by atoms with Crippen molar-refractivity contribution in [3.63, 3.8) is 0 Å². The third-order valence-corrected chi connectivity index (χ3v) is 22.9. The molecule has 0 atom stereocenters. The van der Waals surface area contributed by atoms with Gasteiger partial charge in [-0.1, -0.05) is 261 Å². The SMILES string of the molecule is [2H]c1c([2H])c([2H])c(-c2nc(-c3cc([N+]#[C-])c(-n4c5ccc(-c6ccccc6)cc5c5c6oc7ccc(-c8ccccc8)cc7c6ccc54)c(-n4c5ccc(-c6ccccc6)cc5c5c6oc7ccccc7c6ccc54)c3-n3c4ccc(-c5ccccc5)cc4c4c5oc6ccc(-c7ccccc7)cc6c5ccc43)nc(-c3c([2H])c([2H])c([2H])c([2H])c3[2H])n2)c([2H])c1[2H]. The lowest BCUT2D eigenvalue weighted by Gasteiger charge is -2.26. The summed E-state index contributed by atoms with van der Waals surface area (Å²) >= 11 is 0. The summed E-state index contributed by atoms with van der Waals surface area (Å²) in [6.07, 6.45) is 0. The molecule has 0 saturated carbocycles. The number of nitrogens with zero attached hydrogens (tertiary/aromatic N) is 7. The molecule has 24 rings (SSSR count). The van der Waals surface area contributed by atoms with Gasteiger partial charge in [-0.15, -0.1) is 0 Å². The third-order valence-electron chi connectivity index (χ3n) is 22.9. The zero-order valence-electron chi connectivity index (χ0n) is 71.3. The average molecular weight is 1490 g/mol. The molecule has 7 heterocycles. The highest BCUT2D eigenvalue weighted by Crippen LogP contribution is 2.54. The Morgan fingerprint density at radius 1 is 0.250 bits per heavy atom. The first-order valence-electron chi connectivity index (χ1n) is 43.2. The largest absolute Gasteiger partial charge is 0.455 e. The van der Waals surface area contributed by atoms with Crippen LogP contribution in [0.15, 0.2) is 383 Å². The Bertz CT molecular complexity index is 8780. The minimum Gasteiger partial charge on any atom is -0.455 e. The Kier molecular flexibility index (Phi) is 12.2. The molecule has 0 spiro atoms. The lowest BCUT2D eigenvalue weighted by molar-refractivity contribution is 0.672. The number of para-hydroxylation sites is 1. The van der Waals surface area contributed by atoms with E-state index in [1.165, 1.54) is 0 Å². The molecule has 0 bridgehead atoms. The Hall–Kier alpha value is -16.0. The van der Waals surface area contributed by atoms with Crippen LogP contribution in [-0.2, 0) is 0 Å². The van der Waals surface area contributed by atoms with Crippen LogP contribution in [0.1, 0.15) is 13.7 Å². The van der Waals surface area contributed by atoms with Gasteiger partial charge in [0, 0.05) is 65.2 Å². The second kappa shape index (κ2) is 25.5. The van der Waals surface area contributed by atoms with Crippen molar-refractivity contribution in [3.05, 3.63) is 381 Å². The predicted octanol–water partition coefficient (Wildman–Crippen LogP) is 28.7. The molecule has 0 unspecified atom stereocenters. The van der Waals surface area contributed by atoms with Gasteiger partial charge in [0.05, 0.1) is 86.6 Å². The minimum absolute atomic E-state index is 0.0165. The number of aromatic nitrogens is 6. The normalized spacial score (nSPS) is 13.2. The van der Waals surface area contributed by atoms with Crippen LogP contribution < -0.4 is 0 Å². The van der Waals surface area contributed by atoms with Crippen LogP contribution in [0, 0.1) is 6.57 Å². The maximum absolute atomic E-state index is 10.3. The molecule has 538 valence electrons. The Morgan fingerprint density at radius 2 is 0.569 bits per heavy atom. The smallest absolute Gasteiger partial charge is 0.213 e. The highest BCUT2D eigenvalue weighted by Gasteiger charge is 2.35. The summed E-state index contributed by atoms with van der Waals surface area (Å²) in [6, 6.07) is 97.5. The van der Waals surface area contributed by atoms with Crippen molar-refractivity contribution < 1.29 is 27.0 Å². The van der Waals surface area contributed by atoms with Gasteiger partial charge in [-0.05, 0) is 165 Å². The number of rotatable bonds is 11. The highest BCUT2D eigenvalue weighted by atomic mass is 16.3. The van der Waals surface area contributed by atoms with Crippen LogP contribution in [0.5, 0.6) is 0 Å². The van der Waals surface area contributed by atoms with Crippen molar-refractivity contribution in [2.24, 2.45) is 0 Å². The van der Waals surface area contributed by atoms with Crippen molar-refractivity contribution in [1.29, 1.82) is 0 Å². The molecule has 0 radical (unpaired) electrons. The molecule has 116 heavy (non-hydrogen) atoms. The fourth-order valence-corrected chi connectivity index (χ4v) is 17.7. The topological polar surface area (TPSA) is 97.2 Å². The van der Waals surface area contributed by atoms with Crippen molar-refractivity contribution >= 4 is 137 Å². The standard InChI is InChI=1S/C106H61N7O3/c1-107-85-62-84(106-109-104(68-35-19-7-20-36-68)108-105(110-106)69-37-21-8-22-38-69)98(111-86-49-41-70(63-25-9-2-10-26-63)59-81(86)95-89(111)53-47-77-79-57-73(66-31-15-5-16-32-66)44-55-93(79)115-102(77)95)100(113-88-51-43-72(65-29-13-4-14-30-65)61-83(88)97-91(113)52-46-76-75-39-23-24-40-92(75)114-101(76)97)99(85)112-87-50-42-71(64-27-11-3-12-28-64)60-82(87)96-90(112)54-48-78-80-58-74(67-33-17-6-18-34-67)45-56-94(80)116-103(78)96/h2-62H/i7D,8D,19D,20D,21D,22D,35D,36D,37D,38D. The van der Waals surface area contributed by atoms with Crippen molar-refractivity contribution in [3.8, 4) is 107 Å². The van der Waals surface area contributed by atoms with E-state index in [-0.39, 0.29) is 17.1 Å². The number of furan rings is 3. The molecular formula is C106H61N7O3. The molecule has 24 aromatic rings. The van der Waals surface area contributed by atoms with Crippen LogP contribution in [0.3, 0.4) is 0 Å². The van der Waals surface area contributed by atoms with Crippen LogP contribution >= 0.6 is 0 Å². The fourth-order valence-electron chi connectivity index (χ4n) is 17.7.